The highest BCUT2D eigenvalue weighted by Gasteiger charge is 2.51. The summed E-state index contributed by atoms with van der Waals surface area (Å²) in [6.07, 6.45) is 3.71. The minimum absolute atomic E-state index is 0.198. The maximum absolute atomic E-state index is 13.0. The number of hydrogen-bond donors (Lipinski definition) is 0. The third-order valence-electron chi connectivity index (χ3n) is 6.74. The number of ether oxygens (including phenoxy) is 1. The number of hydrogen-bond acceptors (Lipinski definition) is 3. The van der Waals surface area contributed by atoms with Crippen LogP contribution in [0, 0.1) is 5.82 Å². The number of likely N-dealkylation sites (tertiary alicyclic amines) is 1. The molecule has 0 aromatic heterocycles. The Bertz CT molecular complexity index is 837. The molecule has 1 saturated heterocycles. The summed E-state index contributed by atoms with van der Waals surface area (Å²) in [4.78, 5) is 5.25. The van der Waals surface area contributed by atoms with E-state index in [1.807, 2.05) is 0 Å². The zero-order chi connectivity index (χ0) is 18.4. The van der Waals surface area contributed by atoms with Gasteiger partial charge < -0.3 is 9.64 Å². The highest BCUT2D eigenvalue weighted by atomic mass is 19.1. The number of rotatable bonds is 4. The molecule has 2 aromatic carbocycles. The lowest BCUT2D eigenvalue weighted by Gasteiger charge is -2.45. The smallest absolute Gasteiger partial charge is 0.123 e. The van der Waals surface area contributed by atoms with Gasteiger partial charge >= 0.3 is 0 Å². The van der Waals surface area contributed by atoms with Gasteiger partial charge in [0.25, 0.3) is 0 Å². The van der Waals surface area contributed by atoms with E-state index in [9.17, 15) is 4.39 Å². The van der Waals surface area contributed by atoms with Crippen molar-refractivity contribution in [3.05, 3.63) is 59.4 Å². The van der Waals surface area contributed by atoms with E-state index in [2.05, 4.69) is 34.9 Å². The van der Waals surface area contributed by atoms with E-state index in [1.165, 1.54) is 37.9 Å². The molecule has 0 saturated carbocycles. The predicted molar refractivity (Wildman–Crippen MR) is 106 cm³/mol. The molecule has 27 heavy (non-hydrogen) atoms. The molecule has 0 spiro atoms. The number of piperidine rings is 1. The van der Waals surface area contributed by atoms with Crippen LogP contribution in [0.4, 0.5) is 10.1 Å². The molecule has 142 valence electrons. The van der Waals surface area contributed by atoms with E-state index in [4.69, 9.17) is 4.74 Å². The topological polar surface area (TPSA) is 15.7 Å². The van der Waals surface area contributed by atoms with Gasteiger partial charge in [-0.15, -0.1) is 0 Å². The Hall–Kier alpha value is -2.07. The van der Waals surface area contributed by atoms with Crippen LogP contribution in [0.1, 0.15) is 30.9 Å². The van der Waals surface area contributed by atoms with Crippen molar-refractivity contribution < 1.29 is 9.13 Å². The van der Waals surface area contributed by atoms with Crippen molar-refractivity contribution in [2.75, 3.05) is 37.7 Å². The van der Waals surface area contributed by atoms with Crippen molar-refractivity contribution in [3.63, 3.8) is 0 Å². The molecule has 3 heterocycles. The first kappa shape index (κ1) is 17.1. The van der Waals surface area contributed by atoms with Crippen molar-refractivity contribution >= 4 is 5.69 Å². The van der Waals surface area contributed by atoms with Crippen LogP contribution in [-0.4, -0.2) is 43.7 Å². The number of fused-ring (bicyclic) bond motifs is 3. The fourth-order valence-corrected chi connectivity index (χ4v) is 5.51. The molecular formula is C23H27FN2O. The van der Waals surface area contributed by atoms with Crippen molar-refractivity contribution in [3.8, 4) is 5.75 Å². The molecular weight excluding hydrogens is 339 g/mol. The van der Waals surface area contributed by atoms with Gasteiger partial charge in [0.1, 0.15) is 18.2 Å². The van der Waals surface area contributed by atoms with Gasteiger partial charge in [0.05, 0.1) is 0 Å². The van der Waals surface area contributed by atoms with Crippen LogP contribution in [-0.2, 0) is 11.8 Å². The number of para-hydroxylation sites is 1. The predicted octanol–water partition coefficient (Wildman–Crippen LogP) is 4.00. The van der Waals surface area contributed by atoms with Crippen molar-refractivity contribution in [2.45, 2.75) is 37.6 Å². The minimum atomic E-state index is -0.224. The van der Waals surface area contributed by atoms with Gasteiger partial charge in [0, 0.05) is 43.3 Å². The average molecular weight is 366 g/mol. The lowest BCUT2D eigenvalue weighted by Crippen LogP contribution is -2.56. The van der Waals surface area contributed by atoms with Crippen molar-refractivity contribution in [1.29, 1.82) is 0 Å². The summed E-state index contributed by atoms with van der Waals surface area (Å²) in [5.41, 5.74) is 4.83. The van der Waals surface area contributed by atoms with Crippen LogP contribution >= 0.6 is 0 Å². The highest BCUT2D eigenvalue weighted by Crippen LogP contribution is 2.51. The van der Waals surface area contributed by atoms with Crippen LogP contribution in [0.2, 0.25) is 0 Å². The van der Waals surface area contributed by atoms with Crippen molar-refractivity contribution in [2.24, 2.45) is 0 Å². The second-order valence-electron chi connectivity index (χ2n) is 8.41. The Morgan fingerprint density at radius 2 is 2.00 bits per heavy atom. The summed E-state index contributed by atoms with van der Waals surface area (Å²) in [6.45, 7) is 7.42. The fraction of sp³-hybridized carbons (Fsp3) is 0.478. The molecule has 2 atom stereocenters. The minimum Gasteiger partial charge on any atom is -0.492 e. The second-order valence-corrected chi connectivity index (χ2v) is 8.41. The summed E-state index contributed by atoms with van der Waals surface area (Å²) in [7, 11) is 0. The molecule has 0 N–H and O–H groups in total. The molecule has 2 unspecified atom stereocenters. The molecule has 3 nitrogen and oxygen atoms in total. The zero-order valence-electron chi connectivity index (χ0n) is 16.0. The van der Waals surface area contributed by atoms with E-state index in [1.54, 1.807) is 28.9 Å². The molecule has 2 aromatic rings. The monoisotopic (exact) mass is 366 g/mol. The molecule has 0 aliphatic carbocycles. The van der Waals surface area contributed by atoms with Crippen LogP contribution in [0.15, 0.2) is 42.5 Å². The molecule has 3 aliphatic heterocycles. The van der Waals surface area contributed by atoms with Gasteiger partial charge in [-0.2, -0.15) is 0 Å². The Kier molecular flexibility index (Phi) is 4.12. The van der Waals surface area contributed by atoms with E-state index < -0.39 is 0 Å². The Morgan fingerprint density at radius 3 is 2.85 bits per heavy atom. The van der Waals surface area contributed by atoms with Gasteiger partial charge in [-0.1, -0.05) is 25.1 Å². The van der Waals surface area contributed by atoms with Gasteiger partial charge in [-0.3, -0.25) is 4.90 Å². The van der Waals surface area contributed by atoms with Gasteiger partial charge in [-0.05, 0) is 54.7 Å². The van der Waals surface area contributed by atoms with Gasteiger partial charge in [0.2, 0.25) is 0 Å². The lowest BCUT2D eigenvalue weighted by atomic mass is 9.74. The largest absolute Gasteiger partial charge is 0.492 e. The number of halogens is 1. The summed E-state index contributed by atoms with van der Waals surface area (Å²) >= 11 is 0. The molecule has 0 bridgehead atoms. The molecule has 3 aliphatic rings. The highest BCUT2D eigenvalue weighted by molar-refractivity contribution is 5.70. The number of benzene rings is 2. The standard InChI is InChI=1S/C23H27FN2O/c1-23-16-25(14-15-27-19-9-7-18(24)8-10-19)13-11-21(23)26-12-3-5-17-4-2-6-20(23)22(17)26/h2,4,6-10,21H,3,5,11-16H2,1H3. The van der Waals surface area contributed by atoms with E-state index in [0.29, 0.717) is 12.6 Å². The third kappa shape index (κ3) is 2.82. The Balaban J connectivity index is 1.29. The Morgan fingerprint density at radius 1 is 1.15 bits per heavy atom. The van der Waals surface area contributed by atoms with Crippen LogP contribution in [0.3, 0.4) is 0 Å². The van der Waals surface area contributed by atoms with E-state index in [-0.39, 0.29) is 11.2 Å². The lowest BCUT2D eigenvalue weighted by molar-refractivity contribution is 0.121. The first-order valence-corrected chi connectivity index (χ1v) is 10.1. The zero-order valence-corrected chi connectivity index (χ0v) is 16.0. The van der Waals surface area contributed by atoms with Crippen LogP contribution in [0.25, 0.3) is 0 Å². The second kappa shape index (κ2) is 6.52. The average Bonchev–Trinajstić information content (AvgIpc) is 2.94. The number of nitrogens with zero attached hydrogens (tertiary/aromatic N) is 2. The summed E-state index contributed by atoms with van der Waals surface area (Å²) in [6, 6.07) is 13.9. The third-order valence-corrected chi connectivity index (χ3v) is 6.74. The first-order valence-electron chi connectivity index (χ1n) is 10.1. The molecule has 0 radical (unpaired) electrons. The molecule has 5 rings (SSSR count). The van der Waals surface area contributed by atoms with Gasteiger partial charge in [-0.25, -0.2) is 4.39 Å². The van der Waals surface area contributed by atoms with E-state index in [0.717, 1.165) is 25.4 Å². The maximum atomic E-state index is 13.0. The Labute approximate surface area is 160 Å². The maximum Gasteiger partial charge on any atom is 0.123 e. The quantitative estimate of drug-likeness (QED) is 0.813. The first-order chi connectivity index (χ1) is 13.1. The van der Waals surface area contributed by atoms with Gasteiger partial charge in [0.15, 0.2) is 0 Å². The number of anilines is 1. The summed E-state index contributed by atoms with van der Waals surface area (Å²) in [5.74, 6) is 0.518. The number of aryl methyl sites for hydroxylation is 1. The molecule has 4 heteroatoms. The van der Waals surface area contributed by atoms with Crippen molar-refractivity contribution in [1.82, 2.24) is 4.90 Å². The molecule has 0 amide bonds. The fourth-order valence-electron chi connectivity index (χ4n) is 5.51. The molecule has 1 fully saturated rings. The normalized spacial score (nSPS) is 26.6. The summed E-state index contributed by atoms with van der Waals surface area (Å²) in [5, 5.41) is 0. The van der Waals surface area contributed by atoms with Crippen LogP contribution in [0.5, 0.6) is 5.75 Å². The summed E-state index contributed by atoms with van der Waals surface area (Å²) < 4.78 is 18.8. The van der Waals surface area contributed by atoms with Crippen LogP contribution < -0.4 is 9.64 Å². The van der Waals surface area contributed by atoms with E-state index >= 15 is 0 Å². The SMILES string of the molecule is CC12CN(CCOc3ccc(F)cc3)CCC1N1CCCc3cccc2c31.